The van der Waals surface area contributed by atoms with Gasteiger partial charge in [0.1, 0.15) is 0 Å². The van der Waals surface area contributed by atoms with Crippen molar-refractivity contribution in [1.82, 2.24) is 4.31 Å². The summed E-state index contributed by atoms with van der Waals surface area (Å²) in [6, 6.07) is 9.22. The van der Waals surface area contributed by atoms with Crippen LogP contribution in [0.4, 0.5) is 5.69 Å². The second-order valence-electron chi connectivity index (χ2n) is 5.65. The van der Waals surface area contributed by atoms with Crippen molar-refractivity contribution in [2.24, 2.45) is 0 Å². The van der Waals surface area contributed by atoms with Gasteiger partial charge in [-0.2, -0.15) is 4.31 Å². The van der Waals surface area contributed by atoms with E-state index >= 15 is 0 Å². The van der Waals surface area contributed by atoms with Crippen LogP contribution in [-0.2, 0) is 10.0 Å². The van der Waals surface area contributed by atoms with Crippen LogP contribution >= 0.6 is 23.2 Å². The van der Waals surface area contributed by atoms with Gasteiger partial charge < -0.3 is 5.32 Å². The van der Waals surface area contributed by atoms with Crippen molar-refractivity contribution in [1.29, 1.82) is 0 Å². The third-order valence-electron chi connectivity index (χ3n) is 3.96. The number of sulfonamides is 1. The van der Waals surface area contributed by atoms with Gasteiger partial charge in [-0.05, 0) is 42.8 Å². The summed E-state index contributed by atoms with van der Waals surface area (Å²) < 4.78 is 26.6. The Morgan fingerprint density at radius 1 is 1.04 bits per heavy atom. The van der Waals surface area contributed by atoms with Gasteiger partial charge in [0.05, 0.1) is 15.5 Å². The molecule has 8 heteroatoms. The van der Waals surface area contributed by atoms with Crippen molar-refractivity contribution in [3.63, 3.8) is 0 Å². The van der Waals surface area contributed by atoms with Gasteiger partial charge in [-0.15, -0.1) is 0 Å². The van der Waals surface area contributed by atoms with E-state index in [0.717, 1.165) is 5.56 Å². The summed E-state index contributed by atoms with van der Waals surface area (Å²) in [7, 11) is -3.69. The molecule has 0 bridgehead atoms. The number of carbonyl (C=O) groups is 1. The average Bonchev–Trinajstić information content (AvgIpc) is 2.59. The Morgan fingerprint density at radius 2 is 1.69 bits per heavy atom. The molecule has 26 heavy (non-hydrogen) atoms. The van der Waals surface area contributed by atoms with Crippen LogP contribution in [0.1, 0.15) is 29.8 Å². The number of amides is 1. The quantitative estimate of drug-likeness (QED) is 0.751. The normalized spacial score (nSPS) is 11.6. The lowest BCUT2D eigenvalue weighted by molar-refractivity contribution is 0.102. The maximum atomic E-state index is 12.7. The maximum Gasteiger partial charge on any atom is 0.257 e. The van der Waals surface area contributed by atoms with Crippen molar-refractivity contribution in [3.8, 4) is 0 Å². The number of anilines is 1. The molecular weight excluding hydrogens is 395 g/mol. The topological polar surface area (TPSA) is 66.5 Å². The van der Waals surface area contributed by atoms with Gasteiger partial charge in [-0.3, -0.25) is 4.79 Å². The molecule has 0 unspecified atom stereocenters. The standard InChI is InChI=1S/C18H20Cl2N2O3S/c1-4-22(5-2)26(24,25)14-8-9-16(19)15(11-14)18(23)21-13-7-6-12(3)17(20)10-13/h6-11H,4-5H2,1-3H3,(H,21,23). The molecular formula is C18H20Cl2N2O3S. The van der Waals surface area contributed by atoms with Crippen molar-refractivity contribution >= 4 is 44.8 Å². The first-order valence-corrected chi connectivity index (χ1v) is 10.3. The number of nitrogens with one attached hydrogen (secondary N) is 1. The van der Waals surface area contributed by atoms with E-state index in [0.29, 0.717) is 23.8 Å². The number of hydrogen-bond acceptors (Lipinski definition) is 3. The van der Waals surface area contributed by atoms with E-state index in [-0.39, 0.29) is 15.5 Å². The molecule has 0 aromatic heterocycles. The summed E-state index contributed by atoms with van der Waals surface area (Å²) >= 11 is 12.2. The highest BCUT2D eigenvalue weighted by molar-refractivity contribution is 7.89. The number of nitrogens with zero attached hydrogens (tertiary/aromatic N) is 1. The van der Waals surface area contributed by atoms with Crippen LogP contribution in [0.3, 0.4) is 0 Å². The van der Waals surface area contributed by atoms with E-state index in [4.69, 9.17) is 23.2 Å². The molecule has 0 saturated heterocycles. The van der Waals surface area contributed by atoms with Gasteiger partial charge in [0.2, 0.25) is 10.0 Å². The minimum absolute atomic E-state index is 0.0256. The predicted molar refractivity (Wildman–Crippen MR) is 106 cm³/mol. The Kier molecular flexibility index (Phi) is 6.69. The fourth-order valence-corrected chi connectivity index (χ4v) is 4.29. The summed E-state index contributed by atoms with van der Waals surface area (Å²) in [5, 5.41) is 3.37. The molecule has 0 radical (unpaired) electrons. The predicted octanol–water partition coefficient (Wildman–Crippen LogP) is 4.58. The molecule has 1 N–H and O–H groups in total. The first-order valence-electron chi connectivity index (χ1n) is 8.07. The highest BCUT2D eigenvalue weighted by Crippen LogP contribution is 2.25. The van der Waals surface area contributed by atoms with Gasteiger partial charge in [-0.1, -0.05) is 43.1 Å². The van der Waals surface area contributed by atoms with Gasteiger partial charge in [0.25, 0.3) is 5.91 Å². The SMILES string of the molecule is CCN(CC)S(=O)(=O)c1ccc(Cl)c(C(=O)Nc2ccc(C)c(Cl)c2)c1. The van der Waals surface area contributed by atoms with E-state index in [1.54, 1.807) is 32.0 Å². The van der Waals surface area contributed by atoms with Crippen LogP contribution in [0.5, 0.6) is 0 Å². The second-order valence-corrected chi connectivity index (χ2v) is 8.40. The van der Waals surface area contributed by atoms with Crippen molar-refractivity contribution in [3.05, 3.63) is 57.6 Å². The number of aryl methyl sites for hydroxylation is 1. The maximum absolute atomic E-state index is 12.7. The van der Waals surface area contributed by atoms with Gasteiger partial charge >= 0.3 is 0 Å². The highest BCUT2D eigenvalue weighted by Gasteiger charge is 2.24. The zero-order valence-corrected chi connectivity index (χ0v) is 17.0. The number of halogens is 2. The van der Waals surface area contributed by atoms with Crippen LogP contribution in [0.2, 0.25) is 10.0 Å². The molecule has 5 nitrogen and oxygen atoms in total. The fraction of sp³-hybridized carbons (Fsp3) is 0.278. The smallest absolute Gasteiger partial charge is 0.257 e. The molecule has 0 aliphatic heterocycles. The minimum atomic E-state index is -3.69. The van der Waals surface area contributed by atoms with E-state index in [1.165, 1.54) is 22.5 Å². The van der Waals surface area contributed by atoms with Gasteiger partial charge in [-0.25, -0.2) is 8.42 Å². The highest BCUT2D eigenvalue weighted by atomic mass is 35.5. The molecule has 2 rings (SSSR count). The molecule has 1 amide bonds. The van der Waals surface area contributed by atoms with E-state index in [2.05, 4.69) is 5.32 Å². The second kappa shape index (κ2) is 8.39. The zero-order chi connectivity index (χ0) is 19.5. The lowest BCUT2D eigenvalue weighted by Gasteiger charge is -2.19. The average molecular weight is 415 g/mol. The van der Waals surface area contributed by atoms with E-state index in [9.17, 15) is 13.2 Å². The third kappa shape index (κ3) is 4.38. The molecule has 2 aromatic carbocycles. The Bertz CT molecular complexity index is 926. The van der Waals surface area contributed by atoms with Crippen LogP contribution in [0.25, 0.3) is 0 Å². The Hall–Kier alpha value is -1.60. The molecule has 2 aromatic rings. The minimum Gasteiger partial charge on any atom is -0.322 e. The van der Waals surface area contributed by atoms with Crippen molar-refractivity contribution in [2.75, 3.05) is 18.4 Å². The van der Waals surface area contributed by atoms with E-state index < -0.39 is 15.9 Å². The number of hydrogen-bond donors (Lipinski definition) is 1. The summed E-state index contributed by atoms with van der Waals surface area (Å²) in [6.07, 6.45) is 0. The molecule has 0 aliphatic carbocycles. The fourth-order valence-electron chi connectivity index (χ4n) is 2.42. The summed E-state index contributed by atoms with van der Waals surface area (Å²) in [5.74, 6) is -0.508. The molecule has 0 heterocycles. The molecule has 0 saturated carbocycles. The number of carbonyl (C=O) groups excluding carboxylic acids is 1. The lowest BCUT2D eigenvalue weighted by Crippen LogP contribution is -2.30. The molecule has 0 fully saturated rings. The Labute approximate surface area is 164 Å². The first kappa shape index (κ1) is 20.7. The lowest BCUT2D eigenvalue weighted by atomic mass is 10.2. The van der Waals surface area contributed by atoms with Crippen LogP contribution in [0, 0.1) is 6.92 Å². The zero-order valence-electron chi connectivity index (χ0n) is 14.7. The Morgan fingerprint density at radius 3 is 2.27 bits per heavy atom. The molecule has 140 valence electrons. The molecule has 0 spiro atoms. The van der Waals surface area contributed by atoms with Crippen LogP contribution in [-0.4, -0.2) is 31.7 Å². The monoisotopic (exact) mass is 414 g/mol. The van der Waals surface area contributed by atoms with Crippen molar-refractivity contribution in [2.45, 2.75) is 25.7 Å². The van der Waals surface area contributed by atoms with Gasteiger partial charge in [0.15, 0.2) is 0 Å². The summed E-state index contributed by atoms with van der Waals surface area (Å²) in [6.45, 7) is 6.04. The largest absolute Gasteiger partial charge is 0.322 e. The van der Waals surface area contributed by atoms with E-state index in [1.807, 2.05) is 6.92 Å². The van der Waals surface area contributed by atoms with Crippen molar-refractivity contribution < 1.29 is 13.2 Å². The summed E-state index contributed by atoms with van der Waals surface area (Å²) in [4.78, 5) is 12.6. The molecule has 0 aliphatic rings. The summed E-state index contributed by atoms with van der Waals surface area (Å²) in [5.41, 5.74) is 1.46. The number of rotatable bonds is 6. The first-order chi connectivity index (χ1) is 12.2. The van der Waals surface area contributed by atoms with Gasteiger partial charge in [0, 0.05) is 23.8 Å². The Balaban J connectivity index is 2.37. The van der Waals surface area contributed by atoms with Crippen LogP contribution < -0.4 is 5.32 Å². The molecule has 0 atom stereocenters. The number of benzene rings is 2. The van der Waals surface area contributed by atoms with Crippen LogP contribution in [0.15, 0.2) is 41.3 Å². The third-order valence-corrected chi connectivity index (χ3v) is 6.74.